The summed E-state index contributed by atoms with van der Waals surface area (Å²) in [6.45, 7) is 3.13. The van der Waals surface area contributed by atoms with Gasteiger partial charge in [0.2, 0.25) is 20.0 Å². The monoisotopic (exact) mass is 891 g/mol. The molecule has 0 saturated carbocycles. The summed E-state index contributed by atoms with van der Waals surface area (Å²) in [6, 6.07) is 19.7. The van der Waals surface area contributed by atoms with Gasteiger partial charge < -0.3 is 20.4 Å². The molecule has 0 saturated heterocycles. The predicted octanol–water partition coefficient (Wildman–Crippen LogP) is 4.72. The predicted molar refractivity (Wildman–Crippen MR) is 199 cm³/mol. The van der Waals surface area contributed by atoms with Crippen molar-refractivity contribution >= 4 is 66.0 Å². The number of nitrogens with one attached hydrogen (secondary N) is 2. The van der Waals surface area contributed by atoms with E-state index in [0.717, 1.165) is 45.8 Å². The summed E-state index contributed by atoms with van der Waals surface area (Å²) >= 11 is 11.9. The van der Waals surface area contributed by atoms with Gasteiger partial charge in [0.15, 0.2) is 0 Å². The molecule has 0 aliphatic carbocycles. The van der Waals surface area contributed by atoms with Crippen LogP contribution < -0.4 is 29.9 Å². The first-order valence-corrected chi connectivity index (χ1v) is 19.6. The number of nitrogens with zero attached hydrogens (tertiary/aromatic N) is 8. The van der Waals surface area contributed by atoms with Crippen LogP contribution in [0.3, 0.4) is 0 Å². The second kappa shape index (κ2) is 18.3. The standard InChI is InChI=1S/2C17H16ClN5O4S.Cr/c2*1-10-16(17(25)23(22-10)12-5-3-4-11(18)8-12)21-20-14-9-13(6-7-15(14)24)28(26,27)19-2;/h2*3-9,19,24-25H,1-2H3;/q;;+3/p-3. The third-order valence-electron chi connectivity index (χ3n) is 7.62. The number of halogens is 2. The van der Waals surface area contributed by atoms with E-state index in [1.807, 2.05) is 0 Å². The zero-order valence-electron chi connectivity index (χ0n) is 30.9. The minimum Gasteiger partial charge on any atom is -0.871 e. The van der Waals surface area contributed by atoms with Crippen molar-refractivity contribution in [2.45, 2.75) is 23.6 Å². The van der Waals surface area contributed by atoms with Crippen LogP contribution >= 0.6 is 23.2 Å². The Hall–Kier alpha value is -5.37. The maximum atomic E-state index is 12.6. The summed E-state index contributed by atoms with van der Waals surface area (Å²) < 4.78 is 54.0. The van der Waals surface area contributed by atoms with Crippen molar-refractivity contribution in [1.82, 2.24) is 29.0 Å². The molecule has 57 heavy (non-hydrogen) atoms. The average molecular weight is 893 g/mol. The first-order valence-electron chi connectivity index (χ1n) is 15.8. The van der Waals surface area contributed by atoms with Crippen molar-refractivity contribution in [2.75, 3.05) is 14.1 Å². The van der Waals surface area contributed by atoms with Crippen molar-refractivity contribution < 1.29 is 56.0 Å². The van der Waals surface area contributed by atoms with Crippen LogP contribution in [-0.2, 0) is 37.4 Å². The van der Waals surface area contributed by atoms with E-state index in [0.29, 0.717) is 32.8 Å². The number of aromatic nitrogens is 4. The Bertz CT molecular complexity index is 2550. The molecule has 2 aromatic heterocycles. The molecular weight excluding hydrogens is 863 g/mol. The molecule has 6 rings (SSSR count). The summed E-state index contributed by atoms with van der Waals surface area (Å²) in [6.07, 6.45) is 0. The number of hydrogen-bond acceptors (Lipinski definition) is 14. The zero-order chi connectivity index (χ0) is 40.9. The maximum absolute atomic E-state index is 12.6. The number of aryl methyl sites for hydroxylation is 2. The van der Waals surface area contributed by atoms with E-state index in [1.54, 1.807) is 62.4 Å². The average Bonchev–Trinajstić information content (AvgIpc) is 3.62. The summed E-state index contributed by atoms with van der Waals surface area (Å²) in [5.74, 6) is -2.16. The number of benzene rings is 4. The Morgan fingerprint density at radius 3 is 1.30 bits per heavy atom. The number of hydrogen-bond donors (Lipinski definition) is 2. The van der Waals surface area contributed by atoms with Gasteiger partial charge in [-0.1, -0.05) is 59.0 Å². The van der Waals surface area contributed by atoms with Gasteiger partial charge in [-0.05, 0) is 88.6 Å². The zero-order valence-corrected chi connectivity index (χ0v) is 34.3. The smallest absolute Gasteiger partial charge is 0.871 e. The van der Waals surface area contributed by atoms with Gasteiger partial charge in [-0.15, -0.1) is 10.2 Å². The molecule has 6 aromatic rings. The Morgan fingerprint density at radius 1 is 0.596 bits per heavy atom. The first-order chi connectivity index (χ1) is 26.4. The van der Waals surface area contributed by atoms with Gasteiger partial charge in [-0.2, -0.15) is 20.4 Å². The molecule has 295 valence electrons. The van der Waals surface area contributed by atoms with E-state index >= 15 is 0 Å². The molecule has 2 heterocycles. The third-order valence-corrected chi connectivity index (χ3v) is 10.9. The van der Waals surface area contributed by atoms with Crippen molar-refractivity contribution in [3.63, 3.8) is 0 Å². The fourth-order valence-corrected chi connectivity index (χ4v) is 6.59. The molecule has 18 nitrogen and oxygen atoms in total. The Kier molecular flexibility index (Phi) is 14.2. The van der Waals surface area contributed by atoms with Gasteiger partial charge in [0.1, 0.15) is 11.4 Å². The van der Waals surface area contributed by atoms with Crippen LogP contribution in [0.2, 0.25) is 10.0 Å². The summed E-state index contributed by atoms with van der Waals surface area (Å²) in [7, 11) is -5.01. The van der Waals surface area contributed by atoms with Crippen LogP contribution in [-0.4, -0.2) is 50.5 Å². The summed E-state index contributed by atoms with van der Waals surface area (Å²) in [5, 5.41) is 73.5. The molecule has 0 unspecified atom stereocenters. The van der Waals surface area contributed by atoms with E-state index in [9.17, 15) is 37.3 Å². The SMILES string of the molecule is CNS(=O)(=O)c1ccc([O-])c(N=Nc2c(C)nn(-c3cccc(Cl)c3)c2[O-])c1.CNS(=O)(=O)c1ccc([O-])c(N=Nc2c(C)nn(-c3cccc(Cl)c3)c2[O-])c1.[Cr+3].[H+]. The van der Waals surface area contributed by atoms with E-state index in [1.165, 1.54) is 14.1 Å². The first kappa shape index (κ1) is 44.3. The van der Waals surface area contributed by atoms with Gasteiger partial charge >= 0.3 is 18.8 Å². The van der Waals surface area contributed by atoms with Crippen LogP contribution in [0, 0.1) is 13.8 Å². The van der Waals surface area contributed by atoms with Gasteiger partial charge in [-0.3, -0.25) is 0 Å². The molecule has 0 amide bonds. The van der Waals surface area contributed by atoms with E-state index < -0.39 is 43.3 Å². The van der Waals surface area contributed by atoms with Crippen LogP contribution in [0.15, 0.2) is 115 Å². The third kappa shape index (κ3) is 10.1. The molecule has 4 aromatic carbocycles. The number of sulfonamides is 2. The molecule has 23 heteroatoms. The van der Waals surface area contributed by atoms with E-state index in [4.69, 9.17) is 23.2 Å². The molecular formula is C34H29Cl2CrN10O8S2. The Labute approximate surface area is 348 Å². The normalized spacial score (nSPS) is 11.8. The minimum absolute atomic E-state index is 0. The molecule has 0 bridgehead atoms. The summed E-state index contributed by atoms with van der Waals surface area (Å²) in [4.78, 5) is -0.283. The molecule has 0 aliphatic heterocycles. The quantitative estimate of drug-likeness (QED) is 0.179. The molecule has 0 aliphatic rings. The van der Waals surface area contributed by atoms with Gasteiger partial charge in [0.25, 0.3) is 0 Å². The maximum Gasteiger partial charge on any atom is 3.00 e. The Balaban J connectivity index is 0.000000300. The largest absolute Gasteiger partial charge is 3.00 e. The molecule has 0 spiro atoms. The Morgan fingerprint density at radius 2 is 0.965 bits per heavy atom. The second-order valence-electron chi connectivity index (χ2n) is 11.3. The van der Waals surface area contributed by atoms with Gasteiger partial charge in [0, 0.05) is 21.8 Å². The van der Waals surface area contributed by atoms with E-state index in [2.05, 4.69) is 40.1 Å². The molecule has 2 N–H and O–H groups in total. The van der Waals surface area contributed by atoms with Gasteiger partial charge in [0.05, 0.1) is 43.9 Å². The molecule has 1 radical (unpaired) electrons. The molecule has 0 atom stereocenters. The topological polar surface area (TPSA) is 270 Å². The van der Waals surface area contributed by atoms with Crippen molar-refractivity contribution in [3.05, 3.63) is 106 Å². The van der Waals surface area contributed by atoms with Crippen LogP contribution in [0.1, 0.15) is 12.8 Å². The number of azo groups is 2. The van der Waals surface area contributed by atoms with Crippen molar-refractivity contribution in [1.29, 1.82) is 0 Å². The second-order valence-corrected chi connectivity index (χ2v) is 16.0. The fourth-order valence-electron chi connectivity index (χ4n) is 4.72. The van der Waals surface area contributed by atoms with Gasteiger partial charge in [-0.25, -0.2) is 35.6 Å². The van der Waals surface area contributed by atoms with Crippen molar-refractivity contribution in [2.24, 2.45) is 20.5 Å². The van der Waals surface area contributed by atoms with Crippen LogP contribution in [0.5, 0.6) is 23.3 Å². The van der Waals surface area contributed by atoms with E-state index in [-0.39, 0.29) is 51.3 Å². The van der Waals surface area contributed by atoms with Crippen LogP contribution in [0.25, 0.3) is 11.4 Å². The number of rotatable bonds is 10. The van der Waals surface area contributed by atoms with Crippen LogP contribution in [0.4, 0.5) is 22.7 Å². The fraction of sp³-hybridized carbons (Fsp3) is 0.118. The minimum atomic E-state index is -3.75. The molecule has 0 fully saturated rings. The van der Waals surface area contributed by atoms with Crippen molar-refractivity contribution in [3.8, 4) is 34.6 Å². The summed E-state index contributed by atoms with van der Waals surface area (Å²) in [5.41, 5.74) is 0.918.